The Labute approximate surface area is 121 Å². The van der Waals surface area contributed by atoms with Crippen LogP contribution >= 0.6 is 0 Å². The molecule has 0 aromatic rings. The molecule has 0 aromatic heterocycles. The van der Waals surface area contributed by atoms with Crippen LogP contribution in [-0.2, 0) is 14.2 Å². The monoisotopic (exact) mass is 285 g/mol. The van der Waals surface area contributed by atoms with Crippen molar-refractivity contribution >= 4 is 0 Å². The number of hydrogen-bond donors (Lipinski definition) is 1. The van der Waals surface area contributed by atoms with E-state index in [2.05, 4.69) is 11.9 Å². The molecule has 1 spiro atoms. The van der Waals surface area contributed by atoms with E-state index in [9.17, 15) is 5.11 Å². The Hall–Kier alpha value is -0.200. The third-order valence-corrected chi connectivity index (χ3v) is 4.80. The van der Waals surface area contributed by atoms with E-state index in [1.165, 1.54) is 12.8 Å². The van der Waals surface area contributed by atoms with E-state index in [1.807, 2.05) is 0 Å². The van der Waals surface area contributed by atoms with Gasteiger partial charge < -0.3 is 19.3 Å². The second-order valence-electron chi connectivity index (χ2n) is 6.48. The number of hydrogen-bond acceptors (Lipinski definition) is 5. The molecule has 2 saturated carbocycles. The van der Waals surface area contributed by atoms with Gasteiger partial charge in [0.1, 0.15) is 0 Å². The summed E-state index contributed by atoms with van der Waals surface area (Å²) in [6.07, 6.45) is 4.67. The molecule has 20 heavy (non-hydrogen) atoms. The Kier molecular flexibility index (Phi) is 4.62. The Morgan fingerprint density at radius 2 is 2.00 bits per heavy atom. The predicted octanol–water partition coefficient (Wildman–Crippen LogP) is 1.00. The summed E-state index contributed by atoms with van der Waals surface area (Å²) in [6.45, 7) is 3.85. The lowest BCUT2D eigenvalue weighted by Gasteiger charge is -2.42. The minimum Gasteiger partial charge on any atom is -0.391 e. The summed E-state index contributed by atoms with van der Waals surface area (Å²) in [4.78, 5) is 2.20. The molecule has 2 atom stereocenters. The van der Waals surface area contributed by atoms with Crippen molar-refractivity contribution < 1.29 is 19.3 Å². The van der Waals surface area contributed by atoms with Crippen LogP contribution in [0.1, 0.15) is 32.1 Å². The van der Waals surface area contributed by atoms with Crippen molar-refractivity contribution in [1.29, 1.82) is 0 Å². The molecule has 1 aliphatic heterocycles. The van der Waals surface area contributed by atoms with Crippen LogP contribution in [0.3, 0.4) is 0 Å². The molecule has 5 nitrogen and oxygen atoms in total. The van der Waals surface area contributed by atoms with Gasteiger partial charge in [-0.25, -0.2) is 0 Å². The molecule has 3 aliphatic rings. The number of rotatable bonds is 6. The van der Waals surface area contributed by atoms with Gasteiger partial charge in [-0.15, -0.1) is 0 Å². The summed E-state index contributed by atoms with van der Waals surface area (Å²) < 4.78 is 17.3. The van der Waals surface area contributed by atoms with Crippen molar-refractivity contribution in [3.05, 3.63) is 0 Å². The van der Waals surface area contributed by atoms with E-state index >= 15 is 0 Å². The van der Waals surface area contributed by atoms with Crippen molar-refractivity contribution in [2.75, 3.05) is 40.0 Å². The fourth-order valence-corrected chi connectivity index (χ4v) is 3.23. The third-order valence-electron chi connectivity index (χ3n) is 4.80. The van der Waals surface area contributed by atoms with Gasteiger partial charge in [-0.1, -0.05) is 0 Å². The zero-order chi connectivity index (χ0) is 14.0. The number of aliphatic hydroxyl groups is 1. The van der Waals surface area contributed by atoms with E-state index in [0.29, 0.717) is 13.2 Å². The highest BCUT2D eigenvalue weighted by atomic mass is 16.7. The maximum atomic E-state index is 10.2. The maximum Gasteiger partial charge on any atom is 0.170 e. The molecule has 116 valence electrons. The second-order valence-corrected chi connectivity index (χ2v) is 6.48. The smallest absolute Gasteiger partial charge is 0.170 e. The van der Waals surface area contributed by atoms with Gasteiger partial charge in [0.25, 0.3) is 0 Å². The van der Waals surface area contributed by atoms with E-state index in [4.69, 9.17) is 14.2 Å². The molecule has 0 amide bonds. The van der Waals surface area contributed by atoms with Crippen LogP contribution in [0.15, 0.2) is 0 Å². The molecule has 0 aromatic carbocycles. The van der Waals surface area contributed by atoms with Crippen molar-refractivity contribution in [3.8, 4) is 0 Å². The lowest BCUT2D eigenvalue weighted by atomic mass is 9.86. The number of ether oxygens (including phenoxy) is 3. The van der Waals surface area contributed by atoms with Gasteiger partial charge in [0.15, 0.2) is 5.79 Å². The van der Waals surface area contributed by atoms with Gasteiger partial charge in [-0.2, -0.15) is 0 Å². The van der Waals surface area contributed by atoms with Crippen LogP contribution < -0.4 is 0 Å². The average Bonchev–Trinajstić information content (AvgIpc) is 3.17. The summed E-state index contributed by atoms with van der Waals surface area (Å²) in [5, 5.41) is 10.2. The summed E-state index contributed by atoms with van der Waals surface area (Å²) in [5.74, 6) is 0.372. The quantitative estimate of drug-likeness (QED) is 0.738. The Morgan fingerprint density at radius 3 is 2.70 bits per heavy atom. The molecule has 0 bridgehead atoms. The van der Waals surface area contributed by atoms with Crippen molar-refractivity contribution in [2.45, 2.75) is 50.0 Å². The van der Waals surface area contributed by atoms with Crippen LogP contribution in [0.4, 0.5) is 0 Å². The Balaban J connectivity index is 1.45. The molecule has 2 unspecified atom stereocenters. The minimum absolute atomic E-state index is 0.103. The molecule has 1 heterocycles. The first kappa shape index (κ1) is 14.7. The SMILES string of the molecule is CN(CCOCC1CC1)C1CC2(CCC1O)OCCO2. The zero-order valence-electron chi connectivity index (χ0n) is 12.4. The van der Waals surface area contributed by atoms with Crippen LogP contribution in [0.2, 0.25) is 0 Å². The van der Waals surface area contributed by atoms with Crippen molar-refractivity contribution in [3.63, 3.8) is 0 Å². The molecule has 5 heteroatoms. The number of aliphatic hydroxyl groups excluding tert-OH is 1. The standard InChI is InChI=1S/C15H27NO4/c1-16(6-7-18-11-12-2-3-12)13-10-15(5-4-14(13)17)19-8-9-20-15/h12-14,17H,2-11H2,1H3. The lowest BCUT2D eigenvalue weighted by molar-refractivity contribution is -0.204. The van der Waals surface area contributed by atoms with E-state index in [0.717, 1.165) is 44.9 Å². The van der Waals surface area contributed by atoms with Gasteiger partial charge in [0.2, 0.25) is 0 Å². The lowest BCUT2D eigenvalue weighted by Crippen LogP contribution is -2.52. The van der Waals surface area contributed by atoms with E-state index in [1.54, 1.807) is 0 Å². The summed E-state index contributed by atoms with van der Waals surface area (Å²) in [5.41, 5.74) is 0. The van der Waals surface area contributed by atoms with Gasteiger partial charge >= 0.3 is 0 Å². The van der Waals surface area contributed by atoms with Crippen LogP contribution in [0.5, 0.6) is 0 Å². The fraction of sp³-hybridized carbons (Fsp3) is 1.00. The number of likely N-dealkylation sites (N-methyl/N-ethyl adjacent to an activating group) is 1. The highest BCUT2D eigenvalue weighted by molar-refractivity contribution is 4.92. The van der Waals surface area contributed by atoms with Gasteiger partial charge in [-0.3, -0.25) is 4.90 Å². The summed E-state index contributed by atoms with van der Waals surface area (Å²) >= 11 is 0. The highest BCUT2D eigenvalue weighted by Gasteiger charge is 2.45. The van der Waals surface area contributed by atoms with E-state index < -0.39 is 5.79 Å². The van der Waals surface area contributed by atoms with Gasteiger partial charge in [0.05, 0.1) is 25.9 Å². The molecule has 1 N–H and O–H groups in total. The average molecular weight is 285 g/mol. The highest BCUT2D eigenvalue weighted by Crippen LogP contribution is 2.37. The maximum absolute atomic E-state index is 10.2. The number of nitrogens with zero attached hydrogens (tertiary/aromatic N) is 1. The van der Waals surface area contributed by atoms with E-state index in [-0.39, 0.29) is 12.1 Å². The summed E-state index contributed by atoms with van der Waals surface area (Å²) in [7, 11) is 2.06. The van der Waals surface area contributed by atoms with Gasteiger partial charge in [0, 0.05) is 32.0 Å². The minimum atomic E-state index is -0.437. The first-order valence-electron chi connectivity index (χ1n) is 7.92. The predicted molar refractivity (Wildman–Crippen MR) is 74.5 cm³/mol. The molecular formula is C15H27NO4. The Bertz CT molecular complexity index is 315. The Morgan fingerprint density at radius 1 is 1.25 bits per heavy atom. The van der Waals surface area contributed by atoms with Crippen molar-refractivity contribution in [1.82, 2.24) is 4.90 Å². The van der Waals surface area contributed by atoms with Crippen molar-refractivity contribution in [2.24, 2.45) is 5.92 Å². The van der Waals surface area contributed by atoms with Crippen LogP contribution in [0.25, 0.3) is 0 Å². The molecule has 2 aliphatic carbocycles. The summed E-state index contributed by atoms with van der Waals surface area (Å²) in [6, 6.07) is 0.103. The fourth-order valence-electron chi connectivity index (χ4n) is 3.23. The molecule has 3 fully saturated rings. The topological polar surface area (TPSA) is 51.2 Å². The molecular weight excluding hydrogens is 258 g/mol. The largest absolute Gasteiger partial charge is 0.391 e. The first-order valence-corrected chi connectivity index (χ1v) is 7.92. The first-order chi connectivity index (χ1) is 9.69. The second kappa shape index (κ2) is 6.28. The zero-order valence-corrected chi connectivity index (χ0v) is 12.4. The van der Waals surface area contributed by atoms with Gasteiger partial charge in [-0.05, 0) is 32.2 Å². The normalized spacial score (nSPS) is 33.1. The third kappa shape index (κ3) is 3.52. The molecule has 3 rings (SSSR count). The van der Waals surface area contributed by atoms with Crippen LogP contribution in [-0.4, -0.2) is 68.0 Å². The molecule has 0 radical (unpaired) electrons. The van der Waals surface area contributed by atoms with Crippen LogP contribution in [0, 0.1) is 5.92 Å². The molecule has 1 saturated heterocycles.